The molecule has 17 heavy (non-hydrogen) atoms. The normalized spacial score (nSPS) is 10.4. The molecule has 1 aromatic rings. The van der Waals surface area contributed by atoms with E-state index in [1.807, 2.05) is 31.2 Å². The van der Waals surface area contributed by atoms with E-state index >= 15 is 0 Å². The molecule has 0 atom stereocenters. The van der Waals surface area contributed by atoms with Crippen molar-refractivity contribution in [2.75, 3.05) is 6.61 Å². The summed E-state index contributed by atoms with van der Waals surface area (Å²) in [6, 6.07) is 7.72. The number of aryl methyl sites for hydroxylation is 1. The van der Waals surface area contributed by atoms with Gasteiger partial charge in [-0.15, -0.1) is 0 Å². The molecule has 1 aromatic carbocycles. The SMILES string of the molecule is Cc1ccccc1C#CCOC(=N)C(Cl)(Cl)Cl. The monoisotopic (exact) mass is 289 g/mol. The van der Waals surface area contributed by atoms with Gasteiger partial charge in [0.05, 0.1) is 0 Å². The van der Waals surface area contributed by atoms with Gasteiger partial charge >= 0.3 is 0 Å². The summed E-state index contributed by atoms with van der Waals surface area (Å²) < 4.78 is 3.05. The summed E-state index contributed by atoms with van der Waals surface area (Å²) in [5.74, 6) is 5.25. The molecule has 0 saturated heterocycles. The van der Waals surface area contributed by atoms with E-state index < -0.39 is 9.69 Å². The summed E-state index contributed by atoms with van der Waals surface area (Å²) in [5.41, 5.74) is 1.99. The lowest BCUT2D eigenvalue weighted by Crippen LogP contribution is -2.21. The standard InChI is InChI=1S/C12H10Cl3NO/c1-9-5-2-3-6-10(9)7-4-8-17-11(16)12(13,14)15/h2-3,5-6,16H,8H2,1H3. The highest BCUT2D eigenvalue weighted by Crippen LogP contribution is 2.27. The molecule has 0 bridgehead atoms. The van der Waals surface area contributed by atoms with Crippen molar-refractivity contribution in [1.29, 1.82) is 5.41 Å². The molecule has 90 valence electrons. The predicted molar refractivity (Wildman–Crippen MR) is 72.0 cm³/mol. The van der Waals surface area contributed by atoms with Gasteiger partial charge in [-0.25, -0.2) is 0 Å². The average molecular weight is 291 g/mol. The molecule has 0 fully saturated rings. The molecule has 1 rings (SSSR count). The van der Waals surface area contributed by atoms with Gasteiger partial charge in [-0.1, -0.05) is 64.8 Å². The van der Waals surface area contributed by atoms with Crippen molar-refractivity contribution in [3.05, 3.63) is 35.4 Å². The number of hydrogen-bond donors (Lipinski definition) is 1. The molecule has 0 unspecified atom stereocenters. The van der Waals surface area contributed by atoms with E-state index in [1.54, 1.807) is 0 Å². The van der Waals surface area contributed by atoms with Crippen molar-refractivity contribution in [2.24, 2.45) is 0 Å². The molecule has 2 nitrogen and oxygen atoms in total. The van der Waals surface area contributed by atoms with Crippen LogP contribution in [0.1, 0.15) is 11.1 Å². The van der Waals surface area contributed by atoms with Gasteiger partial charge in [-0.3, -0.25) is 5.41 Å². The van der Waals surface area contributed by atoms with E-state index in [0.29, 0.717) is 0 Å². The fraction of sp³-hybridized carbons (Fsp3) is 0.250. The van der Waals surface area contributed by atoms with Crippen LogP contribution in [0.25, 0.3) is 0 Å². The Bertz CT molecular complexity index is 469. The van der Waals surface area contributed by atoms with Crippen molar-refractivity contribution in [3.8, 4) is 11.8 Å². The Kier molecular flexibility index (Phi) is 5.14. The van der Waals surface area contributed by atoms with Crippen molar-refractivity contribution in [3.63, 3.8) is 0 Å². The lowest BCUT2D eigenvalue weighted by molar-refractivity contribution is 0.347. The third-order valence-corrected chi connectivity index (χ3v) is 2.43. The largest absolute Gasteiger partial charge is 0.465 e. The highest BCUT2D eigenvalue weighted by atomic mass is 35.6. The Labute approximate surface area is 115 Å². The van der Waals surface area contributed by atoms with Crippen LogP contribution in [-0.4, -0.2) is 16.3 Å². The van der Waals surface area contributed by atoms with Gasteiger partial charge in [0.1, 0.15) is 0 Å². The first-order valence-corrected chi connectivity index (χ1v) is 5.87. The van der Waals surface area contributed by atoms with Crippen molar-refractivity contribution in [2.45, 2.75) is 10.7 Å². The smallest absolute Gasteiger partial charge is 0.265 e. The van der Waals surface area contributed by atoms with Crippen LogP contribution in [-0.2, 0) is 4.74 Å². The minimum Gasteiger partial charge on any atom is -0.465 e. The minimum atomic E-state index is -1.83. The molecular weight excluding hydrogens is 280 g/mol. The molecule has 0 radical (unpaired) electrons. The predicted octanol–water partition coefficient (Wildman–Crippen LogP) is 3.71. The molecule has 0 heterocycles. The van der Waals surface area contributed by atoms with Crippen molar-refractivity contribution in [1.82, 2.24) is 0 Å². The topological polar surface area (TPSA) is 33.1 Å². The quantitative estimate of drug-likeness (QED) is 0.364. The summed E-state index contributed by atoms with van der Waals surface area (Å²) in [5, 5.41) is 7.28. The number of benzene rings is 1. The lowest BCUT2D eigenvalue weighted by Gasteiger charge is -2.11. The van der Waals surface area contributed by atoms with Gasteiger partial charge < -0.3 is 4.74 Å². The number of halogens is 3. The Morgan fingerprint density at radius 3 is 2.59 bits per heavy atom. The molecule has 0 saturated carbocycles. The van der Waals surface area contributed by atoms with Crippen molar-refractivity contribution >= 4 is 40.7 Å². The number of rotatable bonds is 1. The summed E-state index contributed by atoms with van der Waals surface area (Å²) in [7, 11) is 0. The number of hydrogen-bond acceptors (Lipinski definition) is 2. The molecule has 0 spiro atoms. The molecule has 0 aliphatic heterocycles. The van der Waals surface area contributed by atoms with Crippen LogP contribution in [0.15, 0.2) is 24.3 Å². The molecule has 0 aliphatic carbocycles. The Balaban J connectivity index is 2.54. The number of alkyl halides is 3. The molecule has 0 amide bonds. The third-order valence-electron chi connectivity index (χ3n) is 1.91. The second kappa shape index (κ2) is 6.16. The van der Waals surface area contributed by atoms with Gasteiger partial charge in [0, 0.05) is 5.56 Å². The van der Waals surface area contributed by atoms with Crippen LogP contribution in [0, 0.1) is 24.2 Å². The van der Waals surface area contributed by atoms with Gasteiger partial charge in [-0.2, -0.15) is 0 Å². The molecule has 5 heteroatoms. The average Bonchev–Trinajstić information content (AvgIpc) is 2.25. The zero-order valence-corrected chi connectivity index (χ0v) is 11.3. The number of nitrogens with one attached hydrogen (secondary N) is 1. The summed E-state index contributed by atoms with van der Waals surface area (Å²) in [4.78, 5) is 0. The maximum Gasteiger partial charge on any atom is 0.265 e. The van der Waals surface area contributed by atoms with Crippen molar-refractivity contribution < 1.29 is 4.74 Å². The van der Waals surface area contributed by atoms with Gasteiger partial charge in [0.25, 0.3) is 3.79 Å². The highest BCUT2D eigenvalue weighted by Gasteiger charge is 2.28. The van der Waals surface area contributed by atoms with Crippen LogP contribution < -0.4 is 0 Å². The van der Waals surface area contributed by atoms with Crippen LogP contribution in [0.2, 0.25) is 0 Å². The molecular formula is C12H10Cl3NO. The first-order chi connectivity index (χ1) is 7.91. The Morgan fingerprint density at radius 1 is 1.35 bits per heavy atom. The molecule has 0 aliphatic rings. The fourth-order valence-corrected chi connectivity index (χ4v) is 1.20. The Morgan fingerprint density at radius 2 is 2.00 bits per heavy atom. The third kappa shape index (κ3) is 4.87. The lowest BCUT2D eigenvalue weighted by atomic mass is 10.1. The van der Waals surface area contributed by atoms with Crippen LogP contribution >= 0.6 is 34.8 Å². The molecule has 1 N–H and O–H groups in total. The van der Waals surface area contributed by atoms with E-state index in [-0.39, 0.29) is 6.61 Å². The van der Waals surface area contributed by atoms with Gasteiger partial charge in [0.15, 0.2) is 6.61 Å². The second-order valence-corrected chi connectivity index (χ2v) is 5.51. The van der Waals surface area contributed by atoms with E-state index in [4.69, 9.17) is 44.9 Å². The van der Waals surface area contributed by atoms with E-state index in [2.05, 4.69) is 11.8 Å². The maximum atomic E-state index is 7.28. The zero-order valence-electron chi connectivity index (χ0n) is 9.06. The maximum absolute atomic E-state index is 7.28. The van der Waals surface area contributed by atoms with E-state index in [1.165, 1.54) is 0 Å². The van der Waals surface area contributed by atoms with Gasteiger partial charge in [0.2, 0.25) is 5.90 Å². The van der Waals surface area contributed by atoms with Crippen LogP contribution in [0.4, 0.5) is 0 Å². The summed E-state index contributed by atoms with van der Waals surface area (Å²) in [6.07, 6.45) is 0. The zero-order chi connectivity index (χ0) is 12.9. The summed E-state index contributed by atoms with van der Waals surface area (Å²) >= 11 is 16.3. The van der Waals surface area contributed by atoms with E-state index in [9.17, 15) is 0 Å². The van der Waals surface area contributed by atoms with Gasteiger partial charge in [-0.05, 0) is 18.6 Å². The fourth-order valence-electron chi connectivity index (χ4n) is 1.03. The minimum absolute atomic E-state index is 0.0150. The Hall–Kier alpha value is -0.880. The van der Waals surface area contributed by atoms with Crippen LogP contribution in [0.3, 0.4) is 0 Å². The first-order valence-electron chi connectivity index (χ1n) is 4.74. The first kappa shape index (κ1) is 14.2. The van der Waals surface area contributed by atoms with E-state index in [0.717, 1.165) is 11.1 Å². The highest BCUT2D eigenvalue weighted by molar-refractivity contribution is 6.76. The summed E-state index contributed by atoms with van der Waals surface area (Å²) in [6.45, 7) is 1.98. The van der Waals surface area contributed by atoms with Crippen LogP contribution in [0.5, 0.6) is 0 Å². The second-order valence-electron chi connectivity index (χ2n) is 3.23. The molecule has 0 aromatic heterocycles. The number of ether oxygens (including phenoxy) is 1.